The van der Waals surface area contributed by atoms with Crippen LogP contribution in [-0.4, -0.2) is 32.9 Å². The quantitative estimate of drug-likeness (QED) is 0.811. The second kappa shape index (κ2) is 4.25. The molecule has 0 spiro atoms. The maximum absolute atomic E-state index is 11.7. The van der Waals surface area contributed by atoms with E-state index in [9.17, 15) is 4.79 Å². The molecule has 0 saturated carbocycles. The van der Waals surface area contributed by atoms with Gasteiger partial charge in [0.15, 0.2) is 0 Å². The van der Waals surface area contributed by atoms with E-state index < -0.39 is 0 Å². The van der Waals surface area contributed by atoms with Crippen LogP contribution in [0.15, 0.2) is 12.4 Å². The molecule has 1 saturated heterocycles. The van der Waals surface area contributed by atoms with Gasteiger partial charge in [-0.25, -0.2) is 4.98 Å². The monoisotopic (exact) mass is 222 g/mol. The fraction of sp³-hybridized carbons (Fsp3) is 0.636. The number of likely N-dealkylation sites (N-methyl/N-ethyl adjacent to an activating group) is 1. The molecular formula is C11H18N4O. The van der Waals surface area contributed by atoms with Crippen molar-refractivity contribution in [2.75, 3.05) is 6.54 Å². The number of aromatic nitrogens is 2. The summed E-state index contributed by atoms with van der Waals surface area (Å²) in [5.74, 6) is 1.04. The molecule has 1 aromatic rings. The molecule has 0 aliphatic carbocycles. The topological polar surface area (TPSA) is 64.2 Å². The highest BCUT2D eigenvalue weighted by atomic mass is 16.2. The van der Waals surface area contributed by atoms with E-state index in [0.717, 1.165) is 12.4 Å². The highest BCUT2D eigenvalue weighted by molar-refractivity contribution is 5.80. The molecule has 1 aliphatic heterocycles. The predicted molar refractivity (Wildman–Crippen MR) is 60.6 cm³/mol. The number of imidazole rings is 1. The zero-order valence-corrected chi connectivity index (χ0v) is 9.76. The Balaban J connectivity index is 2.35. The number of nitrogens with two attached hydrogens (primary N) is 1. The largest absolute Gasteiger partial charge is 0.333 e. The van der Waals surface area contributed by atoms with Gasteiger partial charge in [0.1, 0.15) is 11.9 Å². The van der Waals surface area contributed by atoms with Gasteiger partial charge in [-0.2, -0.15) is 0 Å². The number of likely N-dealkylation sites (tertiary alicyclic amines) is 1. The number of carbonyl (C=O) groups excluding carboxylic acids is 1. The van der Waals surface area contributed by atoms with Gasteiger partial charge in [-0.15, -0.1) is 0 Å². The maximum atomic E-state index is 11.7. The van der Waals surface area contributed by atoms with Crippen LogP contribution in [0.1, 0.15) is 32.1 Å². The van der Waals surface area contributed by atoms with Crippen LogP contribution in [0, 0.1) is 0 Å². The Morgan fingerprint density at radius 1 is 1.50 bits per heavy atom. The summed E-state index contributed by atoms with van der Waals surface area (Å²) in [6, 6.07) is -0.201. The van der Waals surface area contributed by atoms with Gasteiger partial charge in [0.2, 0.25) is 5.91 Å². The lowest BCUT2D eigenvalue weighted by molar-refractivity contribution is -0.128. The lowest BCUT2D eigenvalue weighted by Gasteiger charge is -2.25. The minimum Gasteiger partial charge on any atom is -0.333 e. The molecule has 1 aliphatic rings. The minimum absolute atomic E-state index is 0.0625. The second-order valence-electron chi connectivity index (χ2n) is 4.06. The summed E-state index contributed by atoms with van der Waals surface area (Å²) in [6.45, 7) is 5.57. The Bertz CT molecular complexity index is 387. The third-order valence-electron chi connectivity index (χ3n) is 3.17. The van der Waals surface area contributed by atoms with Crippen molar-refractivity contribution >= 4 is 5.91 Å². The first kappa shape index (κ1) is 11.1. The lowest BCUT2D eigenvalue weighted by Crippen LogP contribution is -2.34. The van der Waals surface area contributed by atoms with Crippen LogP contribution in [0.5, 0.6) is 0 Å². The highest BCUT2D eigenvalue weighted by Crippen LogP contribution is 2.30. The summed E-state index contributed by atoms with van der Waals surface area (Å²) in [6.07, 6.45) is 4.12. The number of amides is 1. The average Bonchev–Trinajstić information content (AvgIpc) is 2.81. The van der Waals surface area contributed by atoms with Crippen molar-refractivity contribution in [3.8, 4) is 0 Å². The van der Waals surface area contributed by atoms with Crippen molar-refractivity contribution in [1.82, 2.24) is 14.5 Å². The number of nitrogens with zero attached hydrogens (tertiary/aromatic N) is 3. The molecule has 1 fully saturated rings. The van der Waals surface area contributed by atoms with E-state index in [1.165, 1.54) is 0 Å². The molecule has 2 rings (SSSR count). The smallest absolute Gasteiger partial charge is 0.224 e. The zero-order chi connectivity index (χ0) is 11.7. The maximum Gasteiger partial charge on any atom is 0.224 e. The molecule has 0 aromatic carbocycles. The van der Waals surface area contributed by atoms with Gasteiger partial charge >= 0.3 is 0 Å². The minimum atomic E-state index is -0.139. The molecule has 88 valence electrons. The number of carbonyl (C=O) groups is 1. The molecule has 16 heavy (non-hydrogen) atoms. The van der Waals surface area contributed by atoms with Crippen LogP contribution in [0.2, 0.25) is 0 Å². The van der Waals surface area contributed by atoms with Gasteiger partial charge in [0, 0.05) is 37.9 Å². The SMILES string of the molecule is CCN1C(=O)C[C@H](N)[C@H]1c1nccn1CC. The number of hydrogen-bond donors (Lipinski definition) is 1. The summed E-state index contributed by atoms with van der Waals surface area (Å²) < 4.78 is 2.05. The molecule has 5 nitrogen and oxygen atoms in total. The van der Waals surface area contributed by atoms with Gasteiger partial charge in [0.05, 0.1) is 0 Å². The van der Waals surface area contributed by atoms with Crippen molar-refractivity contribution < 1.29 is 4.79 Å². The average molecular weight is 222 g/mol. The van der Waals surface area contributed by atoms with E-state index in [-0.39, 0.29) is 18.0 Å². The van der Waals surface area contributed by atoms with Crippen molar-refractivity contribution in [2.24, 2.45) is 5.73 Å². The van der Waals surface area contributed by atoms with Gasteiger partial charge in [0.25, 0.3) is 0 Å². The Morgan fingerprint density at radius 3 is 2.88 bits per heavy atom. The molecule has 0 unspecified atom stereocenters. The molecule has 2 heterocycles. The third-order valence-corrected chi connectivity index (χ3v) is 3.17. The predicted octanol–water partition coefficient (Wildman–Crippen LogP) is 0.524. The summed E-state index contributed by atoms with van der Waals surface area (Å²) in [7, 11) is 0. The normalized spacial score (nSPS) is 25.4. The van der Waals surface area contributed by atoms with E-state index in [2.05, 4.69) is 11.9 Å². The van der Waals surface area contributed by atoms with Crippen LogP contribution in [0.4, 0.5) is 0 Å². The van der Waals surface area contributed by atoms with E-state index in [1.807, 2.05) is 22.6 Å². The zero-order valence-electron chi connectivity index (χ0n) is 9.76. The Morgan fingerprint density at radius 2 is 2.25 bits per heavy atom. The first-order valence-corrected chi connectivity index (χ1v) is 5.75. The Labute approximate surface area is 95.2 Å². The van der Waals surface area contributed by atoms with Gasteiger partial charge in [-0.05, 0) is 13.8 Å². The van der Waals surface area contributed by atoms with E-state index in [4.69, 9.17) is 5.73 Å². The molecule has 5 heteroatoms. The number of aryl methyl sites for hydroxylation is 1. The van der Waals surface area contributed by atoms with E-state index >= 15 is 0 Å². The first-order chi connectivity index (χ1) is 7.69. The van der Waals surface area contributed by atoms with Crippen molar-refractivity contribution in [3.63, 3.8) is 0 Å². The third kappa shape index (κ3) is 1.61. The fourth-order valence-corrected chi connectivity index (χ4v) is 2.38. The second-order valence-corrected chi connectivity index (χ2v) is 4.06. The molecule has 2 N–H and O–H groups in total. The first-order valence-electron chi connectivity index (χ1n) is 5.75. The Kier molecular flexibility index (Phi) is 2.96. The van der Waals surface area contributed by atoms with Crippen LogP contribution >= 0.6 is 0 Å². The van der Waals surface area contributed by atoms with Crippen LogP contribution < -0.4 is 5.73 Å². The standard InChI is InChI=1S/C11H18N4O/c1-3-14-6-5-13-11(14)10-8(12)7-9(16)15(10)4-2/h5-6,8,10H,3-4,7,12H2,1-2H3/t8-,10-/m0/s1. The fourth-order valence-electron chi connectivity index (χ4n) is 2.38. The van der Waals surface area contributed by atoms with Crippen molar-refractivity contribution in [2.45, 2.75) is 38.9 Å². The summed E-state index contributed by atoms with van der Waals surface area (Å²) >= 11 is 0. The molecule has 1 aromatic heterocycles. The molecular weight excluding hydrogens is 204 g/mol. The van der Waals surface area contributed by atoms with Gasteiger partial charge in [-0.1, -0.05) is 0 Å². The van der Waals surface area contributed by atoms with Gasteiger partial charge in [-0.3, -0.25) is 4.79 Å². The van der Waals surface area contributed by atoms with E-state index in [0.29, 0.717) is 13.0 Å². The van der Waals surface area contributed by atoms with Crippen molar-refractivity contribution in [3.05, 3.63) is 18.2 Å². The molecule has 0 bridgehead atoms. The molecule has 1 amide bonds. The molecule has 0 radical (unpaired) electrons. The highest BCUT2D eigenvalue weighted by Gasteiger charge is 2.39. The van der Waals surface area contributed by atoms with E-state index in [1.54, 1.807) is 6.20 Å². The van der Waals surface area contributed by atoms with Gasteiger partial charge < -0.3 is 15.2 Å². The van der Waals surface area contributed by atoms with Crippen LogP contribution in [0.3, 0.4) is 0 Å². The van der Waals surface area contributed by atoms with Crippen LogP contribution in [0.25, 0.3) is 0 Å². The van der Waals surface area contributed by atoms with Crippen molar-refractivity contribution in [1.29, 1.82) is 0 Å². The summed E-state index contributed by atoms with van der Waals surface area (Å²) in [5.41, 5.74) is 6.03. The number of rotatable bonds is 3. The van der Waals surface area contributed by atoms with Crippen LogP contribution in [-0.2, 0) is 11.3 Å². The lowest BCUT2D eigenvalue weighted by atomic mass is 10.1. The molecule has 2 atom stereocenters. The Hall–Kier alpha value is -1.36. The summed E-state index contributed by atoms with van der Waals surface area (Å²) in [4.78, 5) is 17.9. The summed E-state index contributed by atoms with van der Waals surface area (Å²) in [5, 5.41) is 0. The number of hydrogen-bond acceptors (Lipinski definition) is 3.